The summed E-state index contributed by atoms with van der Waals surface area (Å²) in [6, 6.07) is 3.54. The van der Waals surface area contributed by atoms with Crippen molar-refractivity contribution in [3.05, 3.63) is 22.7 Å². The first-order valence-electron chi connectivity index (χ1n) is 5.10. The Morgan fingerprint density at radius 2 is 2.00 bits per heavy atom. The van der Waals surface area contributed by atoms with E-state index < -0.39 is 6.29 Å². The van der Waals surface area contributed by atoms with Crippen LogP contribution < -0.4 is 9.47 Å². The smallest absolute Gasteiger partial charge is 0.231 e. The van der Waals surface area contributed by atoms with E-state index in [1.807, 2.05) is 13.0 Å². The van der Waals surface area contributed by atoms with Crippen molar-refractivity contribution in [2.75, 3.05) is 13.4 Å². The zero-order valence-electron chi connectivity index (χ0n) is 8.73. The van der Waals surface area contributed by atoms with Crippen LogP contribution in [0.2, 0.25) is 5.02 Å². The van der Waals surface area contributed by atoms with Crippen molar-refractivity contribution in [1.29, 1.82) is 0 Å². The molecule has 4 nitrogen and oxygen atoms in total. The lowest BCUT2D eigenvalue weighted by Gasteiger charge is -2.12. The van der Waals surface area contributed by atoms with Gasteiger partial charge in [0.2, 0.25) is 6.79 Å². The first kappa shape index (κ1) is 10.2. The maximum Gasteiger partial charge on any atom is 0.231 e. The molecule has 1 aromatic carbocycles. The molecule has 1 aromatic rings. The molecule has 0 aromatic heterocycles. The number of benzene rings is 1. The Morgan fingerprint density at radius 1 is 1.25 bits per heavy atom. The van der Waals surface area contributed by atoms with E-state index in [9.17, 15) is 0 Å². The van der Waals surface area contributed by atoms with Crippen LogP contribution in [0, 0.1) is 0 Å². The standard InChI is InChI=1S/C11H11ClO4/c1-6-4-13-11(16-6)7-2-9-10(3-8(7)12)15-5-14-9/h2-3,6,11H,4-5H2,1H3/t6-,11-/m1/s1. The van der Waals surface area contributed by atoms with Crippen LogP contribution in [0.15, 0.2) is 12.1 Å². The van der Waals surface area contributed by atoms with Crippen molar-refractivity contribution in [1.82, 2.24) is 0 Å². The fourth-order valence-electron chi connectivity index (χ4n) is 1.79. The SMILES string of the molecule is C[C@@H]1CO[C@@H](c2cc3c(cc2Cl)OCO3)O1. The minimum Gasteiger partial charge on any atom is -0.454 e. The average Bonchev–Trinajstić information content (AvgIpc) is 2.84. The van der Waals surface area contributed by atoms with Gasteiger partial charge < -0.3 is 18.9 Å². The van der Waals surface area contributed by atoms with Gasteiger partial charge in [-0.1, -0.05) is 11.6 Å². The zero-order chi connectivity index (χ0) is 11.1. The molecule has 2 atom stereocenters. The van der Waals surface area contributed by atoms with Crippen LogP contribution >= 0.6 is 11.6 Å². The summed E-state index contributed by atoms with van der Waals surface area (Å²) >= 11 is 6.14. The summed E-state index contributed by atoms with van der Waals surface area (Å²) in [5.74, 6) is 1.35. The Kier molecular flexibility index (Phi) is 2.42. The van der Waals surface area contributed by atoms with Gasteiger partial charge in [-0.05, 0) is 13.0 Å². The van der Waals surface area contributed by atoms with Gasteiger partial charge in [0, 0.05) is 11.6 Å². The summed E-state index contributed by atoms with van der Waals surface area (Å²) < 4.78 is 21.6. The summed E-state index contributed by atoms with van der Waals surface area (Å²) in [4.78, 5) is 0. The lowest BCUT2D eigenvalue weighted by Crippen LogP contribution is -2.03. The molecule has 5 heteroatoms. The molecule has 0 spiro atoms. The summed E-state index contributed by atoms with van der Waals surface area (Å²) in [6.07, 6.45) is -0.316. The summed E-state index contributed by atoms with van der Waals surface area (Å²) in [5.41, 5.74) is 0.787. The van der Waals surface area contributed by atoms with E-state index in [0.717, 1.165) is 5.56 Å². The van der Waals surface area contributed by atoms with Gasteiger partial charge >= 0.3 is 0 Å². The van der Waals surface area contributed by atoms with E-state index in [0.29, 0.717) is 23.1 Å². The molecule has 16 heavy (non-hydrogen) atoms. The van der Waals surface area contributed by atoms with Crippen molar-refractivity contribution in [2.24, 2.45) is 0 Å². The van der Waals surface area contributed by atoms with Crippen LogP contribution in [-0.2, 0) is 9.47 Å². The van der Waals surface area contributed by atoms with Crippen LogP contribution in [0.25, 0.3) is 0 Å². The molecular weight excluding hydrogens is 232 g/mol. The van der Waals surface area contributed by atoms with Gasteiger partial charge in [0.25, 0.3) is 0 Å². The van der Waals surface area contributed by atoms with Crippen molar-refractivity contribution in [2.45, 2.75) is 19.3 Å². The average molecular weight is 243 g/mol. The van der Waals surface area contributed by atoms with Crippen molar-refractivity contribution < 1.29 is 18.9 Å². The third-order valence-electron chi connectivity index (χ3n) is 2.58. The number of ether oxygens (including phenoxy) is 4. The molecule has 2 aliphatic heterocycles. The normalized spacial score (nSPS) is 27.4. The number of halogens is 1. The second-order valence-corrected chi connectivity index (χ2v) is 4.25. The number of hydrogen-bond acceptors (Lipinski definition) is 4. The maximum atomic E-state index is 6.14. The second-order valence-electron chi connectivity index (χ2n) is 3.84. The lowest BCUT2D eigenvalue weighted by molar-refractivity contribution is -0.0572. The zero-order valence-corrected chi connectivity index (χ0v) is 9.49. The van der Waals surface area contributed by atoms with Crippen LogP contribution in [0.1, 0.15) is 18.8 Å². The molecule has 0 amide bonds. The maximum absolute atomic E-state index is 6.14. The van der Waals surface area contributed by atoms with Crippen LogP contribution in [0.3, 0.4) is 0 Å². The molecule has 2 heterocycles. The Labute approximate surface area is 98.0 Å². The fourth-order valence-corrected chi connectivity index (χ4v) is 2.03. The van der Waals surface area contributed by atoms with Gasteiger partial charge in [-0.2, -0.15) is 0 Å². The molecule has 3 rings (SSSR count). The Bertz CT molecular complexity index is 421. The summed E-state index contributed by atoms with van der Waals surface area (Å²) in [6.45, 7) is 2.77. The van der Waals surface area contributed by atoms with Gasteiger partial charge in [-0.15, -0.1) is 0 Å². The van der Waals surface area contributed by atoms with Crippen LogP contribution in [-0.4, -0.2) is 19.5 Å². The topological polar surface area (TPSA) is 36.9 Å². The molecular formula is C11H11ClO4. The minimum atomic E-state index is -0.406. The molecule has 2 aliphatic rings. The van der Waals surface area contributed by atoms with E-state index in [-0.39, 0.29) is 12.9 Å². The number of fused-ring (bicyclic) bond motifs is 1. The highest BCUT2D eigenvalue weighted by Gasteiger charge is 2.28. The van der Waals surface area contributed by atoms with Gasteiger partial charge in [0.1, 0.15) is 0 Å². The van der Waals surface area contributed by atoms with E-state index in [1.54, 1.807) is 6.07 Å². The highest BCUT2D eigenvalue weighted by Crippen LogP contribution is 2.41. The third kappa shape index (κ3) is 1.63. The van der Waals surface area contributed by atoms with Gasteiger partial charge in [-0.25, -0.2) is 0 Å². The number of hydrogen-bond donors (Lipinski definition) is 0. The lowest BCUT2D eigenvalue weighted by atomic mass is 10.2. The molecule has 0 bridgehead atoms. The van der Waals surface area contributed by atoms with E-state index >= 15 is 0 Å². The molecule has 0 radical (unpaired) electrons. The summed E-state index contributed by atoms with van der Waals surface area (Å²) in [5, 5.41) is 0.573. The minimum absolute atomic E-state index is 0.0893. The quantitative estimate of drug-likeness (QED) is 0.758. The predicted molar refractivity (Wildman–Crippen MR) is 56.8 cm³/mol. The van der Waals surface area contributed by atoms with Gasteiger partial charge in [0.05, 0.1) is 17.7 Å². The first-order chi connectivity index (χ1) is 7.74. The van der Waals surface area contributed by atoms with E-state index in [1.165, 1.54) is 0 Å². The highest BCUT2D eigenvalue weighted by atomic mass is 35.5. The van der Waals surface area contributed by atoms with E-state index in [2.05, 4.69) is 0 Å². The summed E-state index contributed by atoms with van der Waals surface area (Å²) in [7, 11) is 0. The predicted octanol–water partition coefficient (Wildman–Crippen LogP) is 2.50. The van der Waals surface area contributed by atoms with Gasteiger partial charge in [-0.3, -0.25) is 0 Å². The van der Waals surface area contributed by atoms with Crippen LogP contribution in [0.4, 0.5) is 0 Å². The Balaban J connectivity index is 1.95. The second kappa shape index (κ2) is 3.80. The highest BCUT2D eigenvalue weighted by molar-refractivity contribution is 6.31. The van der Waals surface area contributed by atoms with E-state index in [4.69, 9.17) is 30.5 Å². The number of rotatable bonds is 1. The van der Waals surface area contributed by atoms with Crippen molar-refractivity contribution in [3.63, 3.8) is 0 Å². The largest absolute Gasteiger partial charge is 0.454 e. The Morgan fingerprint density at radius 3 is 2.69 bits per heavy atom. The Hall–Kier alpha value is -0.970. The molecule has 1 saturated heterocycles. The van der Waals surface area contributed by atoms with Crippen molar-refractivity contribution in [3.8, 4) is 11.5 Å². The van der Waals surface area contributed by atoms with Crippen LogP contribution in [0.5, 0.6) is 11.5 Å². The van der Waals surface area contributed by atoms with Gasteiger partial charge in [0.15, 0.2) is 17.8 Å². The monoisotopic (exact) mass is 242 g/mol. The molecule has 0 N–H and O–H groups in total. The van der Waals surface area contributed by atoms with Crippen molar-refractivity contribution >= 4 is 11.6 Å². The molecule has 86 valence electrons. The third-order valence-corrected chi connectivity index (χ3v) is 2.91. The molecule has 0 saturated carbocycles. The molecule has 1 fully saturated rings. The fraction of sp³-hybridized carbons (Fsp3) is 0.455. The molecule has 0 aliphatic carbocycles. The molecule has 0 unspecified atom stereocenters. The first-order valence-corrected chi connectivity index (χ1v) is 5.48.